The van der Waals surface area contributed by atoms with Crippen LogP contribution in [-0.4, -0.2) is 75.8 Å². The number of carbonyl (C=O) groups excluding carboxylic acids is 4. The molecule has 22 heteroatoms. The van der Waals surface area contributed by atoms with Crippen LogP contribution in [0.15, 0.2) is 119 Å². The molecule has 0 fully saturated rings. The number of hydrogen-bond donors (Lipinski definition) is 7. The zero-order valence-electron chi connectivity index (χ0n) is 39.2. The maximum atomic E-state index is 13.4. The normalized spacial score (nSPS) is 11.8. The summed E-state index contributed by atoms with van der Waals surface area (Å²) in [7, 11) is 0. The van der Waals surface area contributed by atoms with Crippen molar-refractivity contribution in [2.75, 3.05) is 0 Å². The van der Waals surface area contributed by atoms with Crippen LogP contribution in [0.1, 0.15) is 119 Å². The Labute approximate surface area is 410 Å². The second-order valence-electron chi connectivity index (χ2n) is 16.1. The second-order valence-corrected chi connectivity index (χ2v) is 16.1. The molecule has 370 valence electrons. The summed E-state index contributed by atoms with van der Waals surface area (Å²) in [4.78, 5) is 81.2. The van der Waals surface area contributed by atoms with Gasteiger partial charge in [-0.15, -0.1) is 0 Å². The number of oxime groups is 1. The molecular formula is C50H48F2N12O8. The van der Waals surface area contributed by atoms with E-state index in [4.69, 9.17) is 20.6 Å². The molecule has 3 aromatic heterocycles. The SMILES string of the molecule is Cc1cc(CNC(=O)c2cc(C(=O)N[C@@H](C)c3ccc(-c4noc(CCC(=O)O)n4)cc3)ncn2)ccc1F.Cc1cc(CNC(=O)c2cc(C(=O)N[C@@H](C)c3ccc(/C(N)=N/O)cc3)ncn2)ccc1F. The zero-order chi connectivity index (χ0) is 51.9. The fraction of sp³-hybridized carbons (Fsp3) is 0.200. The minimum Gasteiger partial charge on any atom is -0.481 e. The molecule has 4 aromatic carbocycles. The Morgan fingerprint density at radius 3 is 1.53 bits per heavy atom. The molecule has 0 aliphatic heterocycles. The van der Waals surface area contributed by atoms with Gasteiger partial charge in [-0.3, -0.25) is 24.0 Å². The summed E-state index contributed by atoms with van der Waals surface area (Å²) in [6.07, 6.45) is 2.32. The van der Waals surface area contributed by atoms with E-state index in [2.05, 4.69) is 56.5 Å². The van der Waals surface area contributed by atoms with Gasteiger partial charge in [-0.05, 0) is 73.2 Å². The number of carboxylic acids is 1. The Morgan fingerprint density at radius 2 is 1.10 bits per heavy atom. The third kappa shape index (κ3) is 14.4. The monoisotopic (exact) mass is 982 g/mol. The molecule has 0 aliphatic rings. The van der Waals surface area contributed by atoms with E-state index in [0.717, 1.165) is 34.9 Å². The van der Waals surface area contributed by atoms with Crippen LogP contribution in [0.5, 0.6) is 0 Å². The first kappa shape index (κ1) is 52.0. The van der Waals surface area contributed by atoms with Crippen molar-refractivity contribution in [3.63, 3.8) is 0 Å². The molecule has 8 N–H and O–H groups in total. The predicted molar refractivity (Wildman–Crippen MR) is 255 cm³/mol. The van der Waals surface area contributed by atoms with Crippen LogP contribution < -0.4 is 27.0 Å². The van der Waals surface area contributed by atoms with Crippen LogP contribution in [0.4, 0.5) is 8.78 Å². The molecule has 0 bridgehead atoms. The van der Waals surface area contributed by atoms with Crippen molar-refractivity contribution in [1.82, 2.24) is 51.3 Å². The average Bonchev–Trinajstić information content (AvgIpc) is 3.88. The van der Waals surface area contributed by atoms with E-state index >= 15 is 0 Å². The van der Waals surface area contributed by atoms with Crippen molar-refractivity contribution in [2.45, 2.75) is 65.7 Å². The minimum absolute atomic E-state index is 0.0143. The van der Waals surface area contributed by atoms with E-state index in [0.29, 0.717) is 28.1 Å². The molecule has 72 heavy (non-hydrogen) atoms. The van der Waals surface area contributed by atoms with E-state index in [1.807, 2.05) is 0 Å². The summed E-state index contributed by atoms with van der Waals surface area (Å²) in [5.41, 5.74) is 10.9. The molecule has 7 aromatic rings. The summed E-state index contributed by atoms with van der Waals surface area (Å²) in [6.45, 7) is 7.22. The van der Waals surface area contributed by atoms with Gasteiger partial charge in [0.05, 0.1) is 18.5 Å². The number of nitrogens with zero attached hydrogens (tertiary/aromatic N) is 7. The fourth-order valence-corrected chi connectivity index (χ4v) is 6.71. The van der Waals surface area contributed by atoms with Gasteiger partial charge in [0.1, 0.15) is 47.1 Å². The molecule has 0 saturated carbocycles. The maximum absolute atomic E-state index is 13.4. The average molecular weight is 983 g/mol. The number of benzene rings is 4. The highest BCUT2D eigenvalue weighted by atomic mass is 19.1. The third-order valence-corrected chi connectivity index (χ3v) is 10.8. The van der Waals surface area contributed by atoms with Gasteiger partial charge in [-0.25, -0.2) is 28.7 Å². The van der Waals surface area contributed by atoms with Gasteiger partial charge in [0.15, 0.2) is 5.84 Å². The number of aryl methyl sites for hydroxylation is 3. The predicted octanol–water partition coefficient (Wildman–Crippen LogP) is 5.85. The van der Waals surface area contributed by atoms with E-state index in [1.54, 1.807) is 100 Å². The molecule has 0 radical (unpaired) electrons. The lowest BCUT2D eigenvalue weighted by Gasteiger charge is -2.14. The van der Waals surface area contributed by atoms with Crippen LogP contribution in [0.2, 0.25) is 0 Å². The molecule has 20 nitrogen and oxygen atoms in total. The lowest BCUT2D eigenvalue weighted by atomic mass is 10.1. The van der Waals surface area contributed by atoms with Crippen LogP contribution in [-0.2, 0) is 24.3 Å². The number of rotatable bonds is 17. The van der Waals surface area contributed by atoms with Crippen LogP contribution in [0, 0.1) is 25.5 Å². The van der Waals surface area contributed by atoms with Gasteiger partial charge >= 0.3 is 5.97 Å². The number of nitrogens with two attached hydrogens (primary N) is 1. The summed E-state index contributed by atoms with van der Waals surface area (Å²) in [6, 6.07) is 24.9. The lowest BCUT2D eigenvalue weighted by Crippen LogP contribution is -2.29. The second kappa shape index (κ2) is 24.3. The smallest absolute Gasteiger partial charge is 0.303 e. The quantitative estimate of drug-likeness (QED) is 0.0244. The third-order valence-electron chi connectivity index (χ3n) is 10.8. The summed E-state index contributed by atoms with van der Waals surface area (Å²) < 4.78 is 31.9. The first-order valence-electron chi connectivity index (χ1n) is 22.0. The van der Waals surface area contributed by atoms with Crippen molar-refractivity contribution in [2.24, 2.45) is 10.9 Å². The van der Waals surface area contributed by atoms with Crippen molar-refractivity contribution in [1.29, 1.82) is 0 Å². The fourth-order valence-electron chi connectivity index (χ4n) is 6.71. The number of amides is 4. The summed E-state index contributed by atoms with van der Waals surface area (Å²) in [5, 5.41) is 35.4. The van der Waals surface area contributed by atoms with Gasteiger partial charge in [0, 0.05) is 42.8 Å². The Bertz CT molecular complexity index is 3110. The Balaban J connectivity index is 0.000000239. The zero-order valence-corrected chi connectivity index (χ0v) is 39.2. The van der Waals surface area contributed by atoms with Gasteiger partial charge in [-0.2, -0.15) is 4.98 Å². The topological polar surface area (TPSA) is 303 Å². The van der Waals surface area contributed by atoms with Gasteiger partial charge in [0.25, 0.3) is 23.6 Å². The Kier molecular flexibility index (Phi) is 17.6. The molecule has 0 saturated heterocycles. The number of hydrogen-bond acceptors (Lipinski definition) is 14. The number of nitrogens with one attached hydrogen (secondary N) is 4. The Morgan fingerprint density at radius 1 is 0.653 bits per heavy atom. The Hall–Kier alpha value is -9.34. The first-order chi connectivity index (χ1) is 34.5. The number of carbonyl (C=O) groups is 5. The highest BCUT2D eigenvalue weighted by Crippen LogP contribution is 2.21. The molecule has 2 atom stereocenters. The van der Waals surface area contributed by atoms with Crippen molar-refractivity contribution in [3.05, 3.63) is 189 Å². The molecule has 4 amide bonds. The van der Waals surface area contributed by atoms with Gasteiger partial charge < -0.3 is 41.8 Å². The maximum Gasteiger partial charge on any atom is 0.303 e. The van der Waals surface area contributed by atoms with Crippen LogP contribution in [0.3, 0.4) is 0 Å². The van der Waals surface area contributed by atoms with E-state index in [-0.39, 0.29) is 78.1 Å². The van der Waals surface area contributed by atoms with Crippen molar-refractivity contribution < 1.29 is 47.6 Å². The highest BCUT2D eigenvalue weighted by Gasteiger charge is 2.19. The summed E-state index contributed by atoms with van der Waals surface area (Å²) >= 11 is 0. The molecule has 0 spiro atoms. The standard InChI is InChI=1S/C27H25FN6O5.C23H23FN6O3/c1-15-11-17(3-8-20(15)28)13-29-26(37)21-12-22(31-14-30-21)27(38)32-16(2)18-4-6-19(7-5-18)25-33-23(39-34-25)9-10-24(35)36;1-13-9-15(3-8-18(13)24)11-26-22(31)19-10-20(28-12-27-19)23(32)29-14(2)16-4-6-17(7-5-16)21(25)30-33/h3-8,11-12,14,16H,9-10,13H2,1-2H3,(H,29,37)(H,32,38)(H,35,36);3-10,12,14,33H,11H2,1-2H3,(H2,25,30)(H,26,31)(H,29,32)/t16-;14-/m00/s1. The molecule has 0 aliphatic carbocycles. The largest absolute Gasteiger partial charge is 0.481 e. The molecular weight excluding hydrogens is 935 g/mol. The molecule has 3 heterocycles. The number of aliphatic carboxylic acids is 1. The van der Waals surface area contributed by atoms with E-state index in [1.165, 1.54) is 24.3 Å². The number of amidine groups is 1. The molecule has 7 rings (SSSR count). The van der Waals surface area contributed by atoms with E-state index in [9.17, 15) is 32.8 Å². The van der Waals surface area contributed by atoms with Gasteiger partial charge in [0.2, 0.25) is 11.7 Å². The van der Waals surface area contributed by atoms with E-state index < -0.39 is 35.6 Å². The molecule has 0 unspecified atom stereocenters. The summed E-state index contributed by atoms with van der Waals surface area (Å²) in [5.74, 6) is -2.98. The van der Waals surface area contributed by atoms with Crippen molar-refractivity contribution in [3.8, 4) is 11.4 Å². The van der Waals surface area contributed by atoms with Crippen molar-refractivity contribution >= 4 is 35.4 Å². The lowest BCUT2D eigenvalue weighted by molar-refractivity contribution is -0.137. The van der Waals surface area contributed by atoms with Gasteiger partial charge in [-0.1, -0.05) is 83.1 Å². The first-order valence-corrected chi connectivity index (χ1v) is 22.0. The number of carboxylic acid groups (broad SMARTS) is 1. The minimum atomic E-state index is -0.950. The highest BCUT2D eigenvalue weighted by molar-refractivity contribution is 5.98. The van der Waals surface area contributed by atoms with Crippen LogP contribution in [0.25, 0.3) is 11.4 Å². The number of aromatic nitrogens is 6. The number of halogens is 2. The van der Waals surface area contributed by atoms with Crippen LogP contribution >= 0.6 is 0 Å².